The molecule has 0 aliphatic heterocycles. The van der Waals surface area contributed by atoms with Crippen LogP contribution < -0.4 is 0 Å². The molecule has 0 saturated carbocycles. The molecule has 0 radical (unpaired) electrons. The second kappa shape index (κ2) is 5.59. The van der Waals surface area contributed by atoms with Crippen LogP contribution in [-0.4, -0.2) is 10.0 Å². The summed E-state index contributed by atoms with van der Waals surface area (Å²) in [6.45, 7) is 5.81. The van der Waals surface area contributed by atoms with Crippen LogP contribution in [0.15, 0.2) is 35.9 Å². The summed E-state index contributed by atoms with van der Waals surface area (Å²) in [6, 6.07) is 6.02. The molecule has 0 aromatic heterocycles. The van der Waals surface area contributed by atoms with E-state index in [-0.39, 0.29) is 11.6 Å². The maximum atomic E-state index is 10.5. The second-order valence-corrected chi connectivity index (χ2v) is 4.11. The van der Waals surface area contributed by atoms with Crippen LogP contribution in [0.1, 0.15) is 32.4 Å². The average molecular weight is 235 g/mol. The molecule has 0 fully saturated rings. The number of nitro benzene ring substituents is 1. The molecule has 4 heteroatoms. The van der Waals surface area contributed by atoms with Gasteiger partial charge in [-0.1, -0.05) is 18.6 Å². The SMILES string of the molecule is C/C=C(/C)[C@H](C)[C@H](O)c1ccc([N+](=O)[O-])cc1. The molecule has 0 bridgehead atoms. The number of nitro groups is 1. The Morgan fingerprint density at radius 1 is 1.41 bits per heavy atom. The van der Waals surface area contributed by atoms with E-state index in [2.05, 4.69) is 0 Å². The van der Waals surface area contributed by atoms with Crippen molar-refractivity contribution in [2.75, 3.05) is 0 Å². The maximum absolute atomic E-state index is 10.5. The van der Waals surface area contributed by atoms with Crippen molar-refractivity contribution in [1.82, 2.24) is 0 Å². The van der Waals surface area contributed by atoms with Gasteiger partial charge in [-0.05, 0) is 31.5 Å². The molecule has 0 aliphatic carbocycles. The van der Waals surface area contributed by atoms with Crippen molar-refractivity contribution in [3.63, 3.8) is 0 Å². The fraction of sp³-hybridized carbons (Fsp3) is 0.385. The lowest BCUT2D eigenvalue weighted by atomic mass is 9.91. The zero-order chi connectivity index (χ0) is 13.0. The summed E-state index contributed by atoms with van der Waals surface area (Å²) in [6.07, 6.45) is 1.33. The Labute approximate surface area is 101 Å². The summed E-state index contributed by atoms with van der Waals surface area (Å²) < 4.78 is 0. The van der Waals surface area contributed by atoms with Gasteiger partial charge in [-0.3, -0.25) is 10.1 Å². The van der Waals surface area contributed by atoms with Crippen LogP contribution in [0.25, 0.3) is 0 Å². The summed E-state index contributed by atoms with van der Waals surface area (Å²) in [5.41, 5.74) is 1.83. The lowest BCUT2D eigenvalue weighted by molar-refractivity contribution is -0.384. The Hall–Kier alpha value is -1.68. The Morgan fingerprint density at radius 3 is 2.35 bits per heavy atom. The molecule has 0 aliphatic rings. The van der Waals surface area contributed by atoms with Gasteiger partial charge in [-0.2, -0.15) is 0 Å². The van der Waals surface area contributed by atoms with Crippen molar-refractivity contribution in [3.8, 4) is 0 Å². The predicted octanol–water partition coefficient (Wildman–Crippen LogP) is 3.23. The third-order valence-corrected chi connectivity index (χ3v) is 3.09. The number of nitrogens with zero attached hydrogens (tertiary/aromatic N) is 1. The first-order valence-electron chi connectivity index (χ1n) is 5.52. The molecule has 1 aromatic rings. The smallest absolute Gasteiger partial charge is 0.269 e. The van der Waals surface area contributed by atoms with Crippen molar-refractivity contribution in [3.05, 3.63) is 51.6 Å². The van der Waals surface area contributed by atoms with Gasteiger partial charge in [-0.25, -0.2) is 0 Å². The van der Waals surface area contributed by atoms with Crippen LogP contribution in [0.4, 0.5) is 5.69 Å². The van der Waals surface area contributed by atoms with Crippen LogP contribution in [0.2, 0.25) is 0 Å². The average Bonchev–Trinajstić information content (AvgIpc) is 2.36. The summed E-state index contributed by atoms with van der Waals surface area (Å²) in [5, 5.41) is 20.6. The fourth-order valence-electron chi connectivity index (χ4n) is 1.59. The van der Waals surface area contributed by atoms with E-state index >= 15 is 0 Å². The molecule has 0 amide bonds. The molecule has 4 nitrogen and oxygen atoms in total. The van der Waals surface area contributed by atoms with E-state index in [1.807, 2.05) is 26.8 Å². The minimum absolute atomic E-state index is 0.00135. The molecule has 1 aromatic carbocycles. The van der Waals surface area contributed by atoms with Gasteiger partial charge in [0.05, 0.1) is 11.0 Å². The van der Waals surface area contributed by atoms with Crippen LogP contribution in [0.5, 0.6) is 0 Å². The van der Waals surface area contributed by atoms with Gasteiger partial charge in [0.1, 0.15) is 0 Å². The lowest BCUT2D eigenvalue weighted by Crippen LogP contribution is -2.10. The molecule has 1 rings (SSSR count). The fourth-order valence-corrected chi connectivity index (χ4v) is 1.59. The van der Waals surface area contributed by atoms with Crippen molar-refractivity contribution >= 4 is 5.69 Å². The van der Waals surface area contributed by atoms with Crippen molar-refractivity contribution in [2.24, 2.45) is 5.92 Å². The molecule has 17 heavy (non-hydrogen) atoms. The molecular weight excluding hydrogens is 218 g/mol. The van der Waals surface area contributed by atoms with Gasteiger partial charge < -0.3 is 5.11 Å². The van der Waals surface area contributed by atoms with Crippen LogP contribution in [0.3, 0.4) is 0 Å². The van der Waals surface area contributed by atoms with Gasteiger partial charge in [0.15, 0.2) is 0 Å². The molecule has 0 saturated heterocycles. The Bertz CT molecular complexity index is 423. The standard InChI is InChI=1S/C13H17NO3/c1-4-9(2)10(3)13(15)11-5-7-12(8-6-11)14(16)17/h4-8,10,13,15H,1-3H3/b9-4-/t10-,13-/m0/s1. The highest BCUT2D eigenvalue weighted by Crippen LogP contribution is 2.28. The molecule has 2 atom stereocenters. The summed E-state index contributed by atoms with van der Waals surface area (Å²) in [5.74, 6) is 0.00135. The topological polar surface area (TPSA) is 63.4 Å². The zero-order valence-electron chi connectivity index (χ0n) is 10.3. The number of benzene rings is 1. The lowest BCUT2D eigenvalue weighted by Gasteiger charge is -2.19. The number of rotatable bonds is 4. The Kier molecular flexibility index (Phi) is 4.40. The largest absolute Gasteiger partial charge is 0.388 e. The monoisotopic (exact) mass is 235 g/mol. The minimum atomic E-state index is -0.632. The van der Waals surface area contributed by atoms with E-state index in [4.69, 9.17) is 0 Å². The van der Waals surface area contributed by atoms with Gasteiger partial charge >= 0.3 is 0 Å². The van der Waals surface area contributed by atoms with Crippen LogP contribution in [0, 0.1) is 16.0 Å². The van der Waals surface area contributed by atoms with E-state index in [0.717, 1.165) is 5.57 Å². The second-order valence-electron chi connectivity index (χ2n) is 4.11. The molecule has 0 heterocycles. The van der Waals surface area contributed by atoms with E-state index in [1.165, 1.54) is 12.1 Å². The first kappa shape index (κ1) is 13.4. The molecule has 0 unspecified atom stereocenters. The van der Waals surface area contributed by atoms with Crippen LogP contribution >= 0.6 is 0 Å². The number of allylic oxidation sites excluding steroid dienone is 1. The third kappa shape index (κ3) is 3.14. The normalized spacial score (nSPS) is 15.4. The minimum Gasteiger partial charge on any atom is -0.388 e. The first-order chi connectivity index (χ1) is 7.97. The van der Waals surface area contributed by atoms with Crippen molar-refractivity contribution < 1.29 is 10.0 Å². The van der Waals surface area contributed by atoms with E-state index < -0.39 is 11.0 Å². The summed E-state index contributed by atoms with van der Waals surface area (Å²) in [7, 11) is 0. The predicted molar refractivity (Wildman–Crippen MR) is 66.7 cm³/mol. The highest BCUT2D eigenvalue weighted by atomic mass is 16.6. The highest BCUT2D eigenvalue weighted by Gasteiger charge is 2.18. The van der Waals surface area contributed by atoms with Crippen LogP contribution in [-0.2, 0) is 0 Å². The van der Waals surface area contributed by atoms with Gasteiger partial charge in [0, 0.05) is 18.1 Å². The van der Waals surface area contributed by atoms with Gasteiger partial charge in [0.2, 0.25) is 0 Å². The maximum Gasteiger partial charge on any atom is 0.269 e. The zero-order valence-corrected chi connectivity index (χ0v) is 10.3. The first-order valence-corrected chi connectivity index (χ1v) is 5.52. The number of aliphatic hydroxyl groups excluding tert-OH is 1. The number of hydrogen-bond donors (Lipinski definition) is 1. The highest BCUT2D eigenvalue weighted by molar-refractivity contribution is 5.34. The third-order valence-electron chi connectivity index (χ3n) is 3.09. The summed E-state index contributed by atoms with van der Waals surface area (Å²) in [4.78, 5) is 10.1. The van der Waals surface area contributed by atoms with E-state index in [9.17, 15) is 15.2 Å². The van der Waals surface area contributed by atoms with Crippen molar-refractivity contribution in [2.45, 2.75) is 26.9 Å². The quantitative estimate of drug-likeness (QED) is 0.495. The summed E-state index contributed by atoms with van der Waals surface area (Å²) >= 11 is 0. The van der Waals surface area contributed by atoms with Gasteiger partial charge in [0.25, 0.3) is 5.69 Å². The Morgan fingerprint density at radius 2 is 1.94 bits per heavy atom. The van der Waals surface area contributed by atoms with Crippen molar-refractivity contribution in [1.29, 1.82) is 0 Å². The van der Waals surface area contributed by atoms with E-state index in [0.29, 0.717) is 5.56 Å². The molecule has 92 valence electrons. The number of non-ortho nitro benzene ring substituents is 1. The van der Waals surface area contributed by atoms with E-state index in [1.54, 1.807) is 12.1 Å². The van der Waals surface area contributed by atoms with Gasteiger partial charge in [-0.15, -0.1) is 0 Å². The molecule has 0 spiro atoms. The molecule has 1 N–H and O–H groups in total. The number of aliphatic hydroxyl groups is 1. The molecular formula is C13H17NO3. The Balaban J connectivity index is 2.90. The number of hydrogen-bond acceptors (Lipinski definition) is 3.